The molecule has 2 heterocycles. The summed E-state index contributed by atoms with van der Waals surface area (Å²) in [6, 6.07) is 9.90. The van der Waals surface area contributed by atoms with Gasteiger partial charge in [-0.25, -0.2) is 13.9 Å². The first-order valence-electron chi connectivity index (χ1n) is 8.42. The monoisotopic (exact) mass is 340 g/mol. The molecular formula is C19H21FN4O. The second-order valence-corrected chi connectivity index (χ2v) is 5.90. The van der Waals surface area contributed by atoms with E-state index in [1.165, 1.54) is 12.1 Å². The van der Waals surface area contributed by atoms with Crippen LogP contribution in [0.5, 0.6) is 0 Å². The van der Waals surface area contributed by atoms with E-state index < -0.39 is 0 Å². The van der Waals surface area contributed by atoms with E-state index in [1.807, 2.05) is 32.9 Å². The predicted molar refractivity (Wildman–Crippen MR) is 94.8 cm³/mol. The van der Waals surface area contributed by atoms with Gasteiger partial charge in [0.1, 0.15) is 5.82 Å². The van der Waals surface area contributed by atoms with E-state index in [1.54, 1.807) is 21.5 Å². The van der Waals surface area contributed by atoms with E-state index >= 15 is 0 Å². The Morgan fingerprint density at radius 2 is 1.80 bits per heavy atom. The Hall–Kier alpha value is -2.76. The number of hydrogen-bond acceptors (Lipinski definition) is 3. The van der Waals surface area contributed by atoms with Crippen molar-refractivity contribution in [2.75, 3.05) is 13.1 Å². The van der Waals surface area contributed by atoms with Crippen LogP contribution in [0.1, 0.15) is 25.2 Å². The molecule has 130 valence electrons. The van der Waals surface area contributed by atoms with Crippen LogP contribution in [0.4, 0.5) is 4.39 Å². The lowest BCUT2D eigenvalue weighted by Crippen LogP contribution is -2.32. The van der Waals surface area contributed by atoms with Gasteiger partial charge in [-0.15, -0.1) is 0 Å². The van der Waals surface area contributed by atoms with Crippen LogP contribution in [0, 0.1) is 12.7 Å². The summed E-state index contributed by atoms with van der Waals surface area (Å²) < 4.78 is 15.0. The van der Waals surface area contributed by atoms with Gasteiger partial charge in [-0.05, 0) is 57.2 Å². The molecule has 0 unspecified atom stereocenters. The van der Waals surface area contributed by atoms with Gasteiger partial charge >= 0.3 is 0 Å². The predicted octanol–water partition coefficient (Wildman–Crippen LogP) is 3.25. The first kappa shape index (κ1) is 17.1. The molecule has 1 aromatic carbocycles. The molecule has 0 N–H and O–H groups in total. The Bertz CT molecular complexity index is 898. The van der Waals surface area contributed by atoms with Gasteiger partial charge in [-0.1, -0.05) is 0 Å². The Labute approximate surface area is 146 Å². The number of imidazole rings is 1. The molecule has 0 bridgehead atoms. The van der Waals surface area contributed by atoms with E-state index in [-0.39, 0.29) is 18.1 Å². The summed E-state index contributed by atoms with van der Waals surface area (Å²) in [6.45, 7) is 7.13. The number of rotatable bonds is 5. The van der Waals surface area contributed by atoms with Crippen LogP contribution < -0.4 is 0 Å². The third-order valence-electron chi connectivity index (χ3n) is 4.26. The van der Waals surface area contributed by atoms with Gasteiger partial charge in [0.05, 0.1) is 23.5 Å². The van der Waals surface area contributed by atoms with Crippen molar-refractivity contribution in [3.05, 3.63) is 53.6 Å². The topological polar surface area (TPSA) is 50.5 Å². The van der Waals surface area contributed by atoms with E-state index in [2.05, 4.69) is 10.1 Å². The zero-order valence-corrected chi connectivity index (χ0v) is 14.7. The minimum absolute atomic E-state index is 0.0264. The van der Waals surface area contributed by atoms with Gasteiger partial charge in [-0.3, -0.25) is 4.79 Å². The van der Waals surface area contributed by atoms with Crippen LogP contribution in [0.25, 0.3) is 16.9 Å². The fourth-order valence-electron chi connectivity index (χ4n) is 2.90. The number of hydrogen-bond donors (Lipinski definition) is 0. The third-order valence-corrected chi connectivity index (χ3v) is 4.26. The maximum atomic E-state index is 13.3. The number of halogens is 1. The van der Waals surface area contributed by atoms with Crippen molar-refractivity contribution >= 4 is 11.6 Å². The lowest BCUT2D eigenvalue weighted by Gasteiger charge is -2.18. The van der Waals surface area contributed by atoms with E-state index in [9.17, 15) is 9.18 Å². The second kappa shape index (κ2) is 7.01. The van der Waals surface area contributed by atoms with Crippen molar-refractivity contribution < 1.29 is 9.18 Å². The summed E-state index contributed by atoms with van der Waals surface area (Å²) in [5.41, 5.74) is 3.67. The van der Waals surface area contributed by atoms with E-state index in [4.69, 9.17) is 0 Å². The summed E-state index contributed by atoms with van der Waals surface area (Å²) in [6.07, 6.45) is 0.200. The number of amides is 1. The molecule has 0 aliphatic carbocycles. The summed E-state index contributed by atoms with van der Waals surface area (Å²) in [5.74, 6) is -0.277. The van der Waals surface area contributed by atoms with Crippen LogP contribution in [-0.4, -0.2) is 38.5 Å². The minimum atomic E-state index is -0.303. The number of aryl methyl sites for hydroxylation is 1. The molecule has 0 aliphatic heterocycles. The highest BCUT2D eigenvalue weighted by Gasteiger charge is 2.20. The molecule has 1 amide bonds. The molecule has 0 atom stereocenters. The van der Waals surface area contributed by atoms with Gasteiger partial charge in [0.25, 0.3) is 0 Å². The van der Waals surface area contributed by atoms with Gasteiger partial charge < -0.3 is 4.90 Å². The zero-order chi connectivity index (χ0) is 18.0. The molecule has 5 nitrogen and oxygen atoms in total. The highest BCUT2D eigenvalue weighted by Crippen LogP contribution is 2.25. The third kappa shape index (κ3) is 3.38. The van der Waals surface area contributed by atoms with Crippen LogP contribution in [-0.2, 0) is 11.2 Å². The largest absolute Gasteiger partial charge is 0.343 e. The molecule has 2 aromatic heterocycles. The fraction of sp³-hybridized carbons (Fsp3) is 0.316. The molecule has 25 heavy (non-hydrogen) atoms. The van der Waals surface area contributed by atoms with Crippen LogP contribution in [0.15, 0.2) is 36.4 Å². The number of fused-ring (bicyclic) bond motifs is 1. The molecular weight excluding hydrogens is 319 g/mol. The summed E-state index contributed by atoms with van der Waals surface area (Å²) in [5, 5.41) is 4.51. The lowest BCUT2D eigenvalue weighted by molar-refractivity contribution is -0.130. The van der Waals surface area contributed by atoms with Crippen LogP contribution in [0.3, 0.4) is 0 Å². The first-order chi connectivity index (χ1) is 12.0. The van der Waals surface area contributed by atoms with Crippen LogP contribution >= 0.6 is 0 Å². The fourth-order valence-corrected chi connectivity index (χ4v) is 2.90. The quantitative estimate of drug-likeness (QED) is 0.716. The second-order valence-electron chi connectivity index (χ2n) is 5.90. The van der Waals surface area contributed by atoms with E-state index in [0.29, 0.717) is 24.4 Å². The highest BCUT2D eigenvalue weighted by molar-refractivity contribution is 5.81. The van der Waals surface area contributed by atoms with Gasteiger partial charge in [0.2, 0.25) is 5.91 Å². The molecule has 3 rings (SSSR count). The Kier molecular flexibility index (Phi) is 4.79. The molecule has 0 saturated carbocycles. The number of aromatic nitrogens is 3. The molecule has 0 radical (unpaired) electrons. The van der Waals surface area contributed by atoms with Crippen molar-refractivity contribution in [1.29, 1.82) is 0 Å². The molecule has 6 heteroatoms. The normalized spacial score (nSPS) is 11.0. The minimum Gasteiger partial charge on any atom is -0.343 e. The van der Waals surface area contributed by atoms with Crippen molar-refractivity contribution in [3.8, 4) is 11.3 Å². The molecule has 0 aliphatic rings. The lowest BCUT2D eigenvalue weighted by atomic mass is 10.1. The number of nitrogens with zero attached hydrogens (tertiary/aromatic N) is 4. The van der Waals surface area contributed by atoms with Gasteiger partial charge in [0, 0.05) is 18.7 Å². The van der Waals surface area contributed by atoms with Crippen LogP contribution in [0.2, 0.25) is 0 Å². The average Bonchev–Trinajstić information content (AvgIpc) is 2.94. The van der Waals surface area contributed by atoms with Crippen molar-refractivity contribution in [3.63, 3.8) is 0 Å². The number of likely N-dealkylation sites (N-methyl/N-ethyl adjacent to an activating group) is 1. The van der Waals surface area contributed by atoms with Gasteiger partial charge in [-0.2, -0.15) is 5.10 Å². The highest BCUT2D eigenvalue weighted by atomic mass is 19.1. The van der Waals surface area contributed by atoms with Crippen molar-refractivity contribution in [2.45, 2.75) is 27.2 Å². The molecule has 0 spiro atoms. The van der Waals surface area contributed by atoms with Crippen molar-refractivity contribution in [1.82, 2.24) is 19.5 Å². The number of carbonyl (C=O) groups excluding carboxylic acids is 1. The molecule has 3 aromatic rings. The Morgan fingerprint density at radius 3 is 2.44 bits per heavy atom. The average molecular weight is 340 g/mol. The zero-order valence-electron chi connectivity index (χ0n) is 14.7. The maximum absolute atomic E-state index is 13.3. The van der Waals surface area contributed by atoms with Crippen molar-refractivity contribution in [2.24, 2.45) is 0 Å². The first-order valence-corrected chi connectivity index (χ1v) is 8.42. The number of carbonyl (C=O) groups is 1. The Balaban J connectivity index is 2.12. The smallest absolute Gasteiger partial charge is 0.228 e. The summed E-state index contributed by atoms with van der Waals surface area (Å²) in [4.78, 5) is 19.0. The molecule has 0 fully saturated rings. The summed E-state index contributed by atoms with van der Waals surface area (Å²) in [7, 11) is 0. The number of benzene rings is 1. The van der Waals surface area contributed by atoms with Gasteiger partial charge in [0.15, 0.2) is 5.65 Å². The Morgan fingerprint density at radius 1 is 1.12 bits per heavy atom. The standard InChI is InChI=1S/C19H21FN4O/c1-4-23(5-2)18(25)12-16-19(14-7-9-15(20)10-8-14)21-17-11-6-13(3)22-24(16)17/h6-11H,4-5,12H2,1-3H3. The summed E-state index contributed by atoms with van der Waals surface area (Å²) >= 11 is 0. The molecule has 0 saturated heterocycles. The maximum Gasteiger partial charge on any atom is 0.228 e. The van der Waals surface area contributed by atoms with E-state index in [0.717, 1.165) is 17.0 Å². The SMILES string of the molecule is CCN(CC)C(=O)Cc1c(-c2ccc(F)cc2)nc2ccc(C)nn12.